The molecule has 34 heteroatoms. The Morgan fingerprint density at radius 3 is 1.07 bits per heavy atom. The quantitative estimate of drug-likeness (QED) is 0.0222. The molecule has 0 saturated carbocycles. The van der Waals surface area contributed by atoms with Crippen LogP contribution in [0.2, 0.25) is 30.1 Å². The van der Waals surface area contributed by atoms with Gasteiger partial charge in [0.15, 0.2) is 0 Å². The highest BCUT2D eigenvalue weighted by Gasteiger charge is 2.36. The zero-order valence-electron chi connectivity index (χ0n) is 66.3. The molecule has 0 radical (unpaired) electrons. The largest absolute Gasteiger partial charge is 0.379 e. The highest BCUT2D eigenvalue weighted by Crippen LogP contribution is 2.44. The van der Waals surface area contributed by atoms with Gasteiger partial charge in [0.25, 0.3) is 0 Å². The van der Waals surface area contributed by atoms with Crippen molar-refractivity contribution in [1.29, 1.82) is 0 Å². The first-order chi connectivity index (χ1) is 55.4. The third kappa shape index (κ3) is 29.2. The molecular weight excluding hydrogens is 1680 g/mol. The number of rotatable bonds is 50. The van der Waals surface area contributed by atoms with E-state index in [9.17, 15) is 44.4 Å². The Morgan fingerprint density at radius 1 is 0.414 bits per heavy atom. The van der Waals surface area contributed by atoms with Crippen LogP contribution in [0.15, 0.2) is 124 Å². The summed E-state index contributed by atoms with van der Waals surface area (Å²) in [6.07, 6.45) is 1.21. The molecule has 25 nitrogen and oxygen atoms in total. The molecule has 116 heavy (non-hydrogen) atoms. The summed E-state index contributed by atoms with van der Waals surface area (Å²) in [5.41, 5.74) is 7.28. The van der Waals surface area contributed by atoms with Crippen molar-refractivity contribution in [2.45, 2.75) is 110 Å². The first kappa shape index (κ1) is 94.5. The topological polar surface area (TPSA) is 299 Å². The molecule has 636 valence electrons. The Labute approximate surface area is 713 Å². The second-order valence-corrected chi connectivity index (χ2v) is 37.8. The van der Waals surface area contributed by atoms with E-state index in [1.807, 2.05) is 57.5 Å². The summed E-state index contributed by atoms with van der Waals surface area (Å²) in [5, 5.41) is 8.99. The van der Waals surface area contributed by atoms with Crippen LogP contribution in [0.4, 0.5) is 0 Å². The molecule has 0 aromatic heterocycles. The van der Waals surface area contributed by atoms with Crippen molar-refractivity contribution < 1.29 is 72.9 Å². The Balaban J connectivity index is 0.698. The first-order valence-electron chi connectivity index (χ1n) is 38.8. The molecule has 0 bridgehead atoms. The van der Waals surface area contributed by atoms with Crippen molar-refractivity contribution in [3.63, 3.8) is 0 Å². The molecule has 0 saturated heterocycles. The lowest BCUT2D eigenvalue weighted by atomic mass is 9.71. The van der Waals surface area contributed by atoms with E-state index in [2.05, 4.69) is 39.5 Å². The molecule has 6 aromatic rings. The summed E-state index contributed by atoms with van der Waals surface area (Å²) in [6.45, 7) is 6.08. The molecule has 0 aliphatic carbocycles. The summed E-state index contributed by atoms with van der Waals surface area (Å²) in [7, 11) is -2.18. The Morgan fingerprint density at radius 2 is 0.733 bits per heavy atom. The van der Waals surface area contributed by atoms with Crippen molar-refractivity contribution in [1.82, 2.24) is 44.4 Å². The van der Waals surface area contributed by atoms with Crippen LogP contribution in [0.5, 0.6) is 0 Å². The first-order valence-corrected chi connectivity index (χ1v) is 45.6. The van der Waals surface area contributed by atoms with Crippen molar-refractivity contribution in [3.05, 3.63) is 189 Å². The van der Waals surface area contributed by atoms with Gasteiger partial charge in [0.1, 0.15) is 11.6 Å². The zero-order valence-corrected chi connectivity index (χ0v) is 73.3. The maximum atomic E-state index is 13.8. The third-order valence-electron chi connectivity index (χ3n) is 20.6. The second-order valence-electron chi connectivity index (χ2n) is 30.0. The fourth-order valence-corrected chi connectivity index (χ4v) is 19.8. The summed E-state index contributed by atoms with van der Waals surface area (Å²) < 4.78 is 123. The Hall–Kier alpha value is -5.33. The maximum Gasteiger partial charge on any atom is 0.240 e. The molecule has 0 spiro atoms. The Kier molecular flexibility index (Phi) is 37.5. The second kappa shape index (κ2) is 46.1. The lowest BCUT2D eigenvalue weighted by Gasteiger charge is -2.34. The van der Waals surface area contributed by atoms with Crippen LogP contribution in [0, 0.1) is 5.41 Å². The van der Waals surface area contributed by atoms with Crippen molar-refractivity contribution in [2.75, 3.05) is 173 Å². The minimum atomic E-state index is -3.90. The number of hydrogen-bond acceptors (Lipinski definition) is 20. The molecule has 2 amide bonds. The molecule has 0 unspecified atom stereocenters. The van der Waals surface area contributed by atoms with E-state index in [0.29, 0.717) is 75.8 Å². The summed E-state index contributed by atoms with van der Waals surface area (Å²) in [5.74, 6) is -1.28. The van der Waals surface area contributed by atoms with Gasteiger partial charge in [-0.1, -0.05) is 106 Å². The maximum absolute atomic E-state index is 13.8. The van der Waals surface area contributed by atoms with Crippen molar-refractivity contribution in [2.24, 2.45) is 5.41 Å². The van der Waals surface area contributed by atoms with E-state index in [0.717, 1.165) is 50.1 Å². The number of hydrogen-bond donors (Lipinski definition) is 5. The smallest absolute Gasteiger partial charge is 0.240 e. The number of fused-ring (bicyclic) bond motifs is 3. The predicted molar refractivity (Wildman–Crippen MR) is 452 cm³/mol. The van der Waals surface area contributed by atoms with Crippen LogP contribution in [-0.4, -0.2) is 242 Å². The molecule has 3 aliphatic heterocycles. The van der Waals surface area contributed by atoms with E-state index in [1.165, 1.54) is 0 Å². The SMILES string of the molecule is CN(C)CC(=O)CC(CCC(=O)CCCOCCOCCNS(=O)(=O)c1cccc([C@@H]2CN(C)Cc3c(Cl)cc(Cl)cc32)c1)(CCC(=O)NCCOCCOCCNS(=O)(=O)c1cccc([C@@H]2CN(C)Cc3c(Cl)cc(Cl)cc32)c1)CCC(=O)NCCOCCOCCNS(=O)(=O)c1cccc([C@@H]2CN(C)Cc3c(Cl)cc(Cl)cc32)c1. The molecule has 5 N–H and O–H groups in total. The number of nitrogens with one attached hydrogen (secondary N) is 5. The van der Waals surface area contributed by atoms with E-state index in [-0.39, 0.29) is 226 Å². The van der Waals surface area contributed by atoms with Gasteiger partial charge in [0.05, 0.1) is 93.9 Å². The van der Waals surface area contributed by atoms with E-state index in [1.54, 1.807) is 91.8 Å². The zero-order chi connectivity index (χ0) is 83.6. The number of nitrogens with zero attached hydrogens (tertiary/aromatic N) is 4. The van der Waals surface area contributed by atoms with Crippen LogP contribution in [0.1, 0.15) is 126 Å². The standard InChI is InChI=1S/C82H107Cl6N9O16S3/c1-94(2)50-64(99)49-82(20-17-63(98)13-9-28-108-34-35-111-31-25-91-114(102,103)65-14-6-10-57(40-65)71-51-95(3)54-74-68(71)43-60(83)46-77(74)86,21-18-80(100)89-23-29-109-36-38-112-32-26-92-115(104,105)66-15-7-11-58(41-66)72-52-96(4)55-75-69(72)44-61(84)47-78(75)87)22-19-81(101)90-24-30-110-37-39-113-33-27-93-116(106,107)67-16-8-12-59(42-67)73-53-97(5)56-76-70(73)45-62(85)48-79(76)88/h6-8,10-12,14-16,40-48,71-73,91-93H,9,13,17-39,49-56H2,1-5H3,(H,89,100)(H,90,101)/t71-,72-,73-/m0/s1. The van der Waals surface area contributed by atoms with Crippen LogP contribution in [-0.2, 0) is 97.3 Å². The number of carbonyl (C=O) groups excluding carboxylic acids is 4. The molecule has 3 heterocycles. The van der Waals surface area contributed by atoms with E-state index in [4.69, 9.17) is 98.0 Å². The summed E-state index contributed by atoms with van der Waals surface area (Å²) >= 11 is 39.0. The van der Waals surface area contributed by atoms with E-state index >= 15 is 0 Å². The number of likely N-dealkylation sites (N-methyl/N-ethyl adjacent to an activating group) is 4. The van der Waals surface area contributed by atoms with Gasteiger partial charge in [-0.25, -0.2) is 39.4 Å². The highest BCUT2D eigenvalue weighted by atomic mass is 35.5. The van der Waals surface area contributed by atoms with Crippen molar-refractivity contribution in [3.8, 4) is 0 Å². The number of ether oxygens (including phenoxy) is 6. The van der Waals surface area contributed by atoms with Gasteiger partial charge in [-0.2, -0.15) is 0 Å². The average Bonchev–Trinajstić information content (AvgIpc) is 0.779. The number of Topliss-reactive ketones (excluding diaryl/α,β-unsaturated/α-hetero) is 2. The fraction of sp³-hybridized carbons (Fsp3) is 0.512. The molecule has 6 aromatic carbocycles. The number of amides is 2. The minimum Gasteiger partial charge on any atom is -0.379 e. The molecule has 9 rings (SSSR count). The average molecular weight is 1780 g/mol. The number of benzene rings is 6. The predicted octanol–water partition coefficient (Wildman–Crippen LogP) is 11.1. The normalized spacial score (nSPS) is 16.3. The van der Waals surface area contributed by atoms with Crippen LogP contribution in [0.3, 0.4) is 0 Å². The summed E-state index contributed by atoms with van der Waals surface area (Å²) in [4.78, 5) is 63.2. The van der Waals surface area contributed by atoms with Crippen LogP contribution >= 0.6 is 69.6 Å². The lowest BCUT2D eigenvalue weighted by molar-refractivity contribution is -0.127. The highest BCUT2D eigenvalue weighted by molar-refractivity contribution is 7.90. The monoisotopic (exact) mass is 1780 g/mol. The number of halogens is 6. The van der Waals surface area contributed by atoms with Gasteiger partial charge in [-0.05, 0) is 189 Å². The van der Waals surface area contributed by atoms with Crippen LogP contribution < -0.4 is 24.8 Å². The minimum absolute atomic E-state index is 0.00623. The molecule has 3 aliphatic rings. The number of carbonyl (C=O) groups is 4. The number of sulfonamides is 3. The molecule has 0 fully saturated rings. The van der Waals surface area contributed by atoms with E-state index < -0.39 is 35.5 Å². The number of ketones is 2. The van der Waals surface area contributed by atoms with Crippen molar-refractivity contribution >= 4 is 123 Å². The van der Waals surface area contributed by atoms with Gasteiger partial charge in [0.2, 0.25) is 41.9 Å². The van der Waals surface area contributed by atoms with Gasteiger partial charge >= 0.3 is 0 Å². The molecule has 3 atom stereocenters. The van der Waals surface area contributed by atoms with Gasteiger partial charge in [-0.15, -0.1) is 0 Å². The lowest BCUT2D eigenvalue weighted by Crippen LogP contribution is -2.35. The summed E-state index contributed by atoms with van der Waals surface area (Å²) in [6, 6.07) is 31.3. The van der Waals surface area contributed by atoms with Gasteiger partial charge < -0.3 is 58.7 Å². The molecular formula is C82H107Cl6N9O16S3. The van der Waals surface area contributed by atoms with Crippen LogP contribution in [0.25, 0.3) is 0 Å². The Bertz CT molecular complexity index is 4230. The van der Waals surface area contributed by atoms with Gasteiger partial charge in [-0.3, -0.25) is 19.2 Å². The fourth-order valence-electron chi connectivity index (χ4n) is 14.9. The third-order valence-corrected chi connectivity index (χ3v) is 26.6. The van der Waals surface area contributed by atoms with Gasteiger partial charge in [0, 0.05) is 159 Å².